The third kappa shape index (κ3) is 5.13. The van der Waals surface area contributed by atoms with E-state index in [9.17, 15) is 14.4 Å². The summed E-state index contributed by atoms with van der Waals surface area (Å²) in [6, 6.07) is 10.8. The Morgan fingerprint density at radius 2 is 1.48 bits per heavy atom. The predicted octanol–water partition coefficient (Wildman–Crippen LogP) is 4.12. The minimum atomic E-state index is -0.542. The average Bonchev–Trinajstić information content (AvgIpc) is 2.79. The van der Waals surface area contributed by atoms with Gasteiger partial charge in [-0.1, -0.05) is 25.1 Å². The molecule has 2 aromatic rings. The number of carbonyl (C=O) groups excluding carboxylic acids is 3. The second kappa shape index (κ2) is 9.77. The van der Waals surface area contributed by atoms with E-state index in [0.29, 0.717) is 17.0 Å². The van der Waals surface area contributed by atoms with E-state index in [-0.39, 0.29) is 23.4 Å². The highest BCUT2D eigenvalue weighted by molar-refractivity contribution is 6.06. The van der Waals surface area contributed by atoms with E-state index in [1.165, 1.54) is 7.11 Å². The molecule has 1 aliphatic rings. The van der Waals surface area contributed by atoms with E-state index in [0.717, 1.165) is 42.4 Å². The Morgan fingerprint density at radius 1 is 0.871 bits per heavy atom. The first-order chi connectivity index (χ1) is 14.8. The highest BCUT2D eigenvalue weighted by Gasteiger charge is 2.24. The second-order valence-electron chi connectivity index (χ2n) is 8.29. The van der Waals surface area contributed by atoms with Crippen molar-refractivity contribution in [1.82, 2.24) is 10.6 Å². The highest BCUT2D eigenvalue weighted by Crippen LogP contribution is 2.27. The third-order valence-corrected chi connectivity index (χ3v) is 6.05. The van der Waals surface area contributed by atoms with E-state index in [1.807, 2.05) is 19.1 Å². The van der Waals surface area contributed by atoms with E-state index in [2.05, 4.69) is 17.6 Å². The number of aryl methyl sites for hydroxylation is 1. The molecular weight excluding hydrogens is 392 g/mol. The van der Waals surface area contributed by atoms with Gasteiger partial charge in [0.15, 0.2) is 0 Å². The summed E-state index contributed by atoms with van der Waals surface area (Å²) in [4.78, 5) is 37.4. The van der Waals surface area contributed by atoms with Gasteiger partial charge in [-0.3, -0.25) is 9.59 Å². The standard InChI is InChI=1S/C25H30N2O4/c1-15-5-9-19(10-6-15)27-24(29)22-14-18(8-12-21(22)25(30)31-4)17-7-11-20(16(2)13-17)23(28)26-3/h7-8,11-15,19H,5-6,9-10H2,1-4H3,(H,26,28)(H,27,29). The Kier molecular flexibility index (Phi) is 7.10. The van der Waals surface area contributed by atoms with Gasteiger partial charge in [0.2, 0.25) is 0 Å². The lowest BCUT2D eigenvalue weighted by atomic mass is 9.87. The minimum absolute atomic E-state index is 0.118. The number of esters is 1. The molecule has 0 unspecified atom stereocenters. The van der Waals surface area contributed by atoms with Crippen molar-refractivity contribution in [2.24, 2.45) is 5.92 Å². The van der Waals surface area contributed by atoms with Crippen LogP contribution in [0.5, 0.6) is 0 Å². The van der Waals surface area contributed by atoms with Gasteiger partial charge in [0.1, 0.15) is 0 Å². The molecule has 0 spiro atoms. The number of benzene rings is 2. The molecule has 1 aliphatic carbocycles. The van der Waals surface area contributed by atoms with Crippen LogP contribution in [0.15, 0.2) is 36.4 Å². The summed E-state index contributed by atoms with van der Waals surface area (Å²) in [5.41, 5.74) is 3.63. The molecule has 2 N–H and O–H groups in total. The number of rotatable bonds is 5. The molecule has 2 amide bonds. The Balaban J connectivity index is 1.93. The fourth-order valence-electron chi connectivity index (χ4n) is 4.10. The maximum atomic E-state index is 13.1. The Labute approximate surface area is 183 Å². The normalized spacial score (nSPS) is 18.2. The minimum Gasteiger partial charge on any atom is -0.465 e. The molecule has 0 aromatic heterocycles. The zero-order valence-electron chi connectivity index (χ0n) is 18.6. The number of amides is 2. The second-order valence-corrected chi connectivity index (χ2v) is 8.29. The molecular formula is C25H30N2O4. The summed E-state index contributed by atoms with van der Waals surface area (Å²) in [6.07, 6.45) is 4.07. The topological polar surface area (TPSA) is 84.5 Å². The molecule has 2 aromatic carbocycles. The van der Waals surface area contributed by atoms with Crippen molar-refractivity contribution in [2.75, 3.05) is 14.2 Å². The molecule has 6 heteroatoms. The van der Waals surface area contributed by atoms with Gasteiger partial charge >= 0.3 is 5.97 Å². The van der Waals surface area contributed by atoms with Crippen LogP contribution >= 0.6 is 0 Å². The fourth-order valence-corrected chi connectivity index (χ4v) is 4.10. The van der Waals surface area contributed by atoms with Crippen molar-refractivity contribution in [2.45, 2.75) is 45.6 Å². The van der Waals surface area contributed by atoms with Crippen molar-refractivity contribution in [3.8, 4) is 11.1 Å². The van der Waals surface area contributed by atoms with Gasteiger partial charge in [-0.25, -0.2) is 4.79 Å². The Hall–Kier alpha value is -3.15. The zero-order valence-corrected chi connectivity index (χ0v) is 18.6. The van der Waals surface area contributed by atoms with Crippen molar-refractivity contribution in [3.05, 3.63) is 58.7 Å². The van der Waals surface area contributed by atoms with Gasteiger partial charge in [-0.15, -0.1) is 0 Å². The number of ether oxygens (including phenoxy) is 1. The van der Waals surface area contributed by atoms with Crippen LogP contribution in [-0.2, 0) is 4.74 Å². The van der Waals surface area contributed by atoms with E-state index < -0.39 is 5.97 Å². The van der Waals surface area contributed by atoms with Gasteiger partial charge in [-0.2, -0.15) is 0 Å². The van der Waals surface area contributed by atoms with Gasteiger partial charge in [-0.05, 0) is 73.4 Å². The monoisotopic (exact) mass is 422 g/mol. The quantitative estimate of drug-likeness (QED) is 0.710. The Morgan fingerprint density at radius 3 is 2.06 bits per heavy atom. The van der Waals surface area contributed by atoms with Gasteiger partial charge < -0.3 is 15.4 Å². The summed E-state index contributed by atoms with van der Waals surface area (Å²) < 4.78 is 4.89. The maximum absolute atomic E-state index is 13.1. The predicted molar refractivity (Wildman–Crippen MR) is 120 cm³/mol. The van der Waals surface area contributed by atoms with Crippen LogP contribution in [0, 0.1) is 12.8 Å². The maximum Gasteiger partial charge on any atom is 0.338 e. The number of hydrogen-bond donors (Lipinski definition) is 2. The van der Waals surface area contributed by atoms with Crippen LogP contribution in [0.2, 0.25) is 0 Å². The van der Waals surface area contributed by atoms with Crippen LogP contribution in [0.25, 0.3) is 11.1 Å². The molecule has 0 bridgehead atoms. The molecule has 164 valence electrons. The third-order valence-electron chi connectivity index (χ3n) is 6.05. The Bertz CT molecular complexity index is 991. The van der Waals surface area contributed by atoms with Crippen LogP contribution < -0.4 is 10.6 Å². The molecule has 3 rings (SSSR count). The van der Waals surface area contributed by atoms with Crippen LogP contribution in [0.3, 0.4) is 0 Å². The number of methoxy groups -OCH3 is 1. The smallest absolute Gasteiger partial charge is 0.338 e. The summed E-state index contributed by atoms with van der Waals surface area (Å²) in [5, 5.41) is 5.73. The lowest BCUT2D eigenvalue weighted by molar-refractivity contribution is 0.0595. The van der Waals surface area contributed by atoms with Gasteiger partial charge in [0.05, 0.1) is 18.2 Å². The summed E-state index contributed by atoms with van der Waals surface area (Å²) in [5.74, 6) is -0.268. The molecule has 0 atom stereocenters. The van der Waals surface area contributed by atoms with E-state index in [1.54, 1.807) is 31.3 Å². The first kappa shape index (κ1) is 22.5. The number of nitrogens with one attached hydrogen (secondary N) is 2. The first-order valence-electron chi connectivity index (χ1n) is 10.7. The van der Waals surface area contributed by atoms with Crippen LogP contribution in [0.1, 0.15) is 69.2 Å². The zero-order chi connectivity index (χ0) is 22.5. The lowest BCUT2D eigenvalue weighted by Crippen LogP contribution is -2.38. The van der Waals surface area contributed by atoms with E-state index in [4.69, 9.17) is 4.74 Å². The van der Waals surface area contributed by atoms with E-state index >= 15 is 0 Å². The average molecular weight is 423 g/mol. The summed E-state index contributed by atoms with van der Waals surface area (Å²) >= 11 is 0. The molecule has 1 saturated carbocycles. The van der Waals surface area contributed by atoms with Gasteiger partial charge in [0, 0.05) is 18.7 Å². The molecule has 31 heavy (non-hydrogen) atoms. The number of hydrogen-bond acceptors (Lipinski definition) is 4. The largest absolute Gasteiger partial charge is 0.465 e. The highest BCUT2D eigenvalue weighted by atomic mass is 16.5. The van der Waals surface area contributed by atoms with Crippen molar-refractivity contribution < 1.29 is 19.1 Å². The molecule has 6 nitrogen and oxygen atoms in total. The molecule has 0 aliphatic heterocycles. The van der Waals surface area contributed by atoms with Crippen molar-refractivity contribution >= 4 is 17.8 Å². The summed E-state index contributed by atoms with van der Waals surface area (Å²) in [7, 11) is 2.90. The van der Waals surface area contributed by atoms with Crippen LogP contribution in [-0.4, -0.2) is 38.0 Å². The van der Waals surface area contributed by atoms with Crippen molar-refractivity contribution in [1.29, 1.82) is 0 Å². The van der Waals surface area contributed by atoms with Crippen LogP contribution in [0.4, 0.5) is 0 Å². The molecule has 1 fully saturated rings. The summed E-state index contributed by atoms with van der Waals surface area (Å²) in [6.45, 7) is 4.10. The van der Waals surface area contributed by atoms with Crippen molar-refractivity contribution in [3.63, 3.8) is 0 Å². The fraction of sp³-hybridized carbons (Fsp3) is 0.400. The SMILES string of the molecule is CNC(=O)c1ccc(-c2ccc(C(=O)OC)c(C(=O)NC3CCC(C)CC3)c2)cc1C. The number of carbonyl (C=O) groups is 3. The molecule has 0 saturated heterocycles. The lowest BCUT2D eigenvalue weighted by Gasteiger charge is -2.27. The molecule has 0 heterocycles. The molecule has 0 radical (unpaired) electrons. The first-order valence-corrected chi connectivity index (χ1v) is 10.7. The van der Waals surface area contributed by atoms with Gasteiger partial charge in [0.25, 0.3) is 11.8 Å².